The Balaban J connectivity index is 0.00000180. The quantitative estimate of drug-likeness (QED) is 0.872. The summed E-state index contributed by atoms with van der Waals surface area (Å²) in [5.74, 6) is 0.464. The molecule has 2 N–H and O–H groups in total. The first-order valence-corrected chi connectivity index (χ1v) is 6.46. The predicted molar refractivity (Wildman–Crippen MR) is 75.7 cm³/mol. The van der Waals surface area contributed by atoms with E-state index in [1.807, 2.05) is 0 Å². The highest BCUT2D eigenvalue weighted by Crippen LogP contribution is 2.14. The van der Waals surface area contributed by atoms with Gasteiger partial charge in [-0.1, -0.05) is 12.1 Å². The van der Waals surface area contributed by atoms with Crippen LogP contribution in [0.1, 0.15) is 24.8 Å². The molecule has 1 heterocycles. The van der Waals surface area contributed by atoms with Crippen molar-refractivity contribution in [2.24, 2.45) is 5.92 Å². The summed E-state index contributed by atoms with van der Waals surface area (Å²) < 4.78 is 12.7. The molecule has 1 fully saturated rings. The summed E-state index contributed by atoms with van der Waals surface area (Å²) in [7, 11) is 0. The fourth-order valence-corrected chi connectivity index (χ4v) is 2.19. The number of hydrogen-bond donors (Lipinski definition) is 2. The van der Waals surface area contributed by atoms with Gasteiger partial charge in [-0.25, -0.2) is 4.39 Å². The number of carbonyl (C=O) groups excluding carboxylic acids is 1. The molecule has 106 valence electrons. The van der Waals surface area contributed by atoms with Crippen molar-refractivity contribution >= 4 is 18.3 Å². The molecule has 0 radical (unpaired) electrons. The van der Waals surface area contributed by atoms with Crippen molar-refractivity contribution in [1.29, 1.82) is 0 Å². The van der Waals surface area contributed by atoms with Crippen LogP contribution in [0.4, 0.5) is 4.39 Å². The Bertz CT molecular complexity index is 391. The van der Waals surface area contributed by atoms with Gasteiger partial charge in [0.05, 0.1) is 0 Å². The van der Waals surface area contributed by atoms with Crippen LogP contribution in [0.15, 0.2) is 24.3 Å². The molecule has 0 aliphatic carbocycles. The second-order valence-electron chi connectivity index (χ2n) is 4.80. The molecule has 0 saturated carbocycles. The Labute approximate surface area is 119 Å². The number of halogens is 2. The average Bonchev–Trinajstić information content (AvgIpc) is 2.89. The zero-order valence-corrected chi connectivity index (χ0v) is 11.6. The monoisotopic (exact) mass is 286 g/mol. The van der Waals surface area contributed by atoms with Crippen molar-refractivity contribution in [3.63, 3.8) is 0 Å². The van der Waals surface area contributed by atoms with Crippen LogP contribution in [0, 0.1) is 11.7 Å². The van der Waals surface area contributed by atoms with E-state index < -0.39 is 0 Å². The molecule has 1 amide bonds. The van der Waals surface area contributed by atoms with Gasteiger partial charge in [0.25, 0.3) is 0 Å². The van der Waals surface area contributed by atoms with Crippen molar-refractivity contribution in [1.82, 2.24) is 10.6 Å². The van der Waals surface area contributed by atoms with E-state index in [9.17, 15) is 9.18 Å². The fraction of sp³-hybridized carbons (Fsp3) is 0.500. The standard InChI is InChI=1S/C14H19FN2O.ClH/c15-13-4-1-11(2-5-13)10-17-14(18)6-3-12-7-8-16-9-12;/h1-2,4-5,12,16H,3,6-10H2,(H,17,18);1H. The van der Waals surface area contributed by atoms with Gasteiger partial charge < -0.3 is 10.6 Å². The van der Waals surface area contributed by atoms with Crippen LogP contribution in [0.3, 0.4) is 0 Å². The van der Waals surface area contributed by atoms with Crippen molar-refractivity contribution in [3.05, 3.63) is 35.6 Å². The molecule has 0 bridgehead atoms. The van der Waals surface area contributed by atoms with Gasteiger partial charge in [-0.2, -0.15) is 0 Å². The molecule has 0 spiro atoms. The normalized spacial score (nSPS) is 17.8. The third-order valence-electron chi connectivity index (χ3n) is 3.34. The van der Waals surface area contributed by atoms with Crippen LogP contribution in [-0.4, -0.2) is 19.0 Å². The van der Waals surface area contributed by atoms with Gasteiger partial charge in [0, 0.05) is 13.0 Å². The van der Waals surface area contributed by atoms with Crippen molar-refractivity contribution < 1.29 is 9.18 Å². The van der Waals surface area contributed by atoms with Crippen LogP contribution in [-0.2, 0) is 11.3 Å². The van der Waals surface area contributed by atoms with Gasteiger partial charge in [-0.15, -0.1) is 12.4 Å². The Kier molecular flexibility index (Phi) is 6.81. The molecule has 1 aliphatic heterocycles. The van der Waals surface area contributed by atoms with E-state index in [1.165, 1.54) is 18.6 Å². The van der Waals surface area contributed by atoms with Gasteiger partial charge in [-0.3, -0.25) is 4.79 Å². The van der Waals surface area contributed by atoms with E-state index in [4.69, 9.17) is 0 Å². The van der Waals surface area contributed by atoms with E-state index in [2.05, 4.69) is 10.6 Å². The summed E-state index contributed by atoms with van der Waals surface area (Å²) in [6.45, 7) is 2.58. The number of amides is 1. The second-order valence-corrected chi connectivity index (χ2v) is 4.80. The summed E-state index contributed by atoms with van der Waals surface area (Å²) >= 11 is 0. The largest absolute Gasteiger partial charge is 0.352 e. The first kappa shape index (κ1) is 15.9. The highest BCUT2D eigenvalue weighted by atomic mass is 35.5. The zero-order chi connectivity index (χ0) is 12.8. The van der Waals surface area contributed by atoms with Gasteiger partial charge >= 0.3 is 0 Å². The molecule has 19 heavy (non-hydrogen) atoms. The summed E-state index contributed by atoms with van der Waals surface area (Å²) in [5.41, 5.74) is 0.923. The molecule has 0 aromatic heterocycles. The lowest BCUT2D eigenvalue weighted by molar-refractivity contribution is -0.121. The average molecular weight is 287 g/mol. The van der Waals surface area contributed by atoms with Crippen LogP contribution in [0.25, 0.3) is 0 Å². The van der Waals surface area contributed by atoms with E-state index in [1.54, 1.807) is 12.1 Å². The van der Waals surface area contributed by atoms with Gasteiger partial charge in [0.1, 0.15) is 5.82 Å². The van der Waals surface area contributed by atoms with E-state index in [0.29, 0.717) is 18.9 Å². The predicted octanol–water partition coefficient (Wildman–Crippen LogP) is 2.25. The number of hydrogen-bond acceptors (Lipinski definition) is 2. The van der Waals surface area contributed by atoms with Gasteiger partial charge in [0.2, 0.25) is 5.91 Å². The Morgan fingerprint density at radius 3 is 2.74 bits per heavy atom. The highest BCUT2D eigenvalue weighted by molar-refractivity contribution is 5.85. The van der Waals surface area contributed by atoms with Gasteiger partial charge in [0.15, 0.2) is 0 Å². The van der Waals surface area contributed by atoms with Crippen LogP contribution >= 0.6 is 12.4 Å². The smallest absolute Gasteiger partial charge is 0.220 e. The Hall–Kier alpha value is -1.13. The Morgan fingerprint density at radius 1 is 1.37 bits per heavy atom. The minimum absolute atomic E-state index is 0. The lowest BCUT2D eigenvalue weighted by Crippen LogP contribution is -2.23. The molecular weight excluding hydrogens is 267 g/mol. The molecule has 1 unspecified atom stereocenters. The minimum atomic E-state index is -0.251. The number of benzene rings is 1. The maximum Gasteiger partial charge on any atom is 0.220 e. The van der Waals surface area contributed by atoms with E-state index in [-0.39, 0.29) is 24.1 Å². The van der Waals surface area contributed by atoms with Crippen molar-refractivity contribution in [2.75, 3.05) is 13.1 Å². The molecule has 1 atom stereocenters. The topological polar surface area (TPSA) is 41.1 Å². The summed E-state index contributed by atoms with van der Waals surface area (Å²) in [5, 5.41) is 6.15. The SMILES string of the molecule is Cl.O=C(CCC1CCNC1)NCc1ccc(F)cc1. The van der Waals surface area contributed by atoms with E-state index >= 15 is 0 Å². The first-order valence-electron chi connectivity index (χ1n) is 6.46. The molecular formula is C14H20ClFN2O. The molecule has 1 saturated heterocycles. The first-order chi connectivity index (χ1) is 8.74. The number of carbonyl (C=O) groups is 1. The second kappa shape index (κ2) is 8.12. The molecule has 5 heteroatoms. The molecule has 3 nitrogen and oxygen atoms in total. The fourth-order valence-electron chi connectivity index (χ4n) is 2.19. The molecule has 2 rings (SSSR count). The lowest BCUT2D eigenvalue weighted by Gasteiger charge is -2.08. The molecule has 1 aromatic rings. The molecule has 1 aliphatic rings. The number of nitrogens with one attached hydrogen (secondary N) is 2. The van der Waals surface area contributed by atoms with Crippen molar-refractivity contribution in [3.8, 4) is 0 Å². The maximum atomic E-state index is 12.7. The van der Waals surface area contributed by atoms with Crippen LogP contribution in [0.5, 0.6) is 0 Å². The van der Waals surface area contributed by atoms with Gasteiger partial charge in [-0.05, 0) is 49.5 Å². The number of rotatable bonds is 5. The maximum absolute atomic E-state index is 12.7. The third-order valence-corrected chi connectivity index (χ3v) is 3.34. The van der Waals surface area contributed by atoms with Crippen molar-refractivity contribution in [2.45, 2.75) is 25.8 Å². The zero-order valence-electron chi connectivity index (χ0n) is 10.8. The summed E-state index contributed by atoms with van der Waals surface area (Å²) in [4.78, 5) is 11.6. The van der Waals surface area contributed by atoms with E-state index in [0.717, 1.165) is 25.1 Å². The van der Waals surface area contributed by atoms with Crippen LogP contribution in [0.2, 0.25) is 0 Å². The summed E-state index contributed by atoms with van der Waals surface area (Å²) in [6.07, 6.45) is 2.70. The Morgan fingerprint density at radius 2 is 2.11 bits per heavy atom. The lowest BCUT2D eigenvalue weighted by atomic mass is 10.0. The molecule has 1 aromatic carbocycles. The van der Waals surface area contributed by atoms with Crippen LogP contribution < -0.4 is 10.6 Å². The summed E-state index contributed by atoms with van der Waals surface area (Å²) in [6, 6.07) is 6.20. The minimum Gasteiger partial charge on any atom is -0.352 e. The third kappa shape index (κ3) is 5.57. The highest BCUT2D eigenvalue weighted by Gasteiger charge is 2.15.